The SMILES string of the molecule is Cc1ccc(NC(=O)c2cccc(-c3noc(C4CCC4)n3)c2)c(C)c1. The van der Waals surface area contributed by atoms with E-state index in [0.717, 1.165) is 29.7 Å². The number of anilines is 1. The van der Waals surface area contributed by atoms with Crippen molar-refractivity contribution in [1.82, 2.24) is 10.1 Å². The van der Waals surface area contributed by atoms with Gasteiger partial charge in [0.25, 0.3) is 5.91 Å². The fourth-order valence-corrected chi connectivity index (χ4v) is 3.12. The number of hydrogen-bond donors (Lipinski definition) is 1. The Kier molecular flexibility index (Phi) is 4.29. The zero-order valence-electron chi connectivity index (χ0n) is 15.0. The highest BCUT2D eigenvalue weighted by Gasteiger charge is 2.25. The third-order valence-electron chi connectivity index (χ3n) is 4.91. The Labute approximate surface area is 152 Å². The van der Waals surface area contributed by atoms with Crippen LogP contribution in [0.4, 0.5) is 5.69 Å². The van der Waals surface area contributed by atoms with Crippen molar-refractivity contribution in [2.24, 2.45) is 0 Å². The predicted octanol–water partition coefficient (Wildman–Crippen LogP) is 4.87. The summed E-state index contributed by atoms with van der Waals surface area (Å²) in [6.07, 6.45) is 3.44. The van der Waals surface area contributed by atoms with Crippen LogP contribution in [0.25, 0.3) is 11.4 Å². The normalized spacial score (nSPS) is 14.1. The molecule has 0 spiro atoms. The summed E-state index contributed by atoms with van der Waals surface area (Å²) >= 11 is 0. The maximum Gasteiger partial charge on any atom is 0.255 e. The van der Waals surface area contributed by atoms with Crippen LogP contribution >= 0.6 is 0 Å². The van der Waals surface area contributed by atoms with Crippen LogP contribution in [0, 0.1) is 13.8 Å². The Morgan fingerprint density at radius 2 is 2.00 bits per heavy atom. The standard InChI is InChI=1S/C21H21N3O2/c1-13-9-10-18(14(2)11-13)22-20(25)17-8-4-7-16(12-17)19-23-21(26-24-19)15-5-3-6-15/h4,7-12,15H,3,5-6H2,1-2H3,(H,22,25). The van der Waals surface area contributed by atoms with E-state index in [1.165, 1.54) is 12.0 Å². The Balaban J connectivity index is 1.54. The van der Waals surface area contributed by atoms with Crippen molar-refractivity contribution in [3.05, 3.63) is 65.0 Å². The number of carbonyl (C=O) groups is 1. The average molecular weight is 347 g/mol. The summed E-state index contributed by atoms with van der Waals surface area (Å²) < 4.78 is 5.38. The van der Waals surface area contributed by atoms with Gasteiger partial charge in [0.2, 0.25) is 11.7 Å². The van der Waals surface area contributed by atoms with Crippen LogP contribution in [0.5, 0.6) is 0 Å². The van der Waals surface area contributed by atoms with Crippen LogP contribution in [-0.2, 0) is 0 Å². The number of amides is 1. The zero-order chi connectivity index (χ0) is 18.1. The van der Waals surface area contributed by atoms with Crippen molar-refractivity contribution in [3.63, 3.8) is 0 Å². The molecule has 132 valence electrons. The van der Waals surface area contributed by atoms with Gasteiger partial charge in [-0.05, 0) is 50.5 Å². The van der Waals surface area contributed by atoms with E-state index in [2.05, 4.69) is 15.5 Å². The minimum absolute atomic E-state index is 0.151. The van der Waals surface area contributed by atoms with Gasteiger partial charge in [0.05, 0.1) is 0 Å². The number of aromatic nitrogens is 2. The van der Waals surface area contributed by atoms with Gasteiger partial charge >= 0.3 is 0 Å². The maximum atomic E-state index is 12.6. The molecule has 1 saturated carbocycles. The number of carbonyl (C=O) groups excluding carboxylic acids is 1. The van der Waals surface area contributed by atoms with Crippen molar-refractivity contribution in [2.75, 3.05) is 5.32 Å². The second-order valence-corrected chi connectivity index (χ2v) is 6.94. The van der Waals surface area contributed by atoms with Crippen LogP contribution in [0.15, 0.2) is 47.0 Å². The van der Waals surface area contributed by atoms with Crippen molar-refractivity contribution >= 4 is 11.6 Å². The lowest BCUT2D eigenvalue weighted by Crippen LogP contribution is -2.13. The molecular weight excluding hydrogens is 326 g/mol. The third-order valence-corrected chi connectivity index (χ3v) is 4.91. The molecule has 1 heterocycles. The first kappa shape index (κ1) is 16.5. The summed E-state index contributed by atoms with van der Waals surface area (Å²) in [5.74, 6) is 1.48. The summed E-state index contributed by atoms with van der Waals surface area (Å²) in [6.45, 7) is 4.02. The van der Waals surface area contributed by atoms with E-state index in [-0.39, 0.29) is 5.91 Å². The van der Waals surface area contributed by atoms with Crippen molar-refractivity contribution in [3.8, 4) is 11.4 Å². The number of nitrogens with zero attached hydrogens (tertiary/aromatic N) is 2. The fraction of sp³-hybridized carbons (Fsp3) is 0.286. The molecule has 1 amide bonds. The molecule has 1 fully saturated rings. The first-order chi connectivity index (χ1) is 12.6. The Bertz CT molecular complexity index is 957. The molecule has 2 aromatic carbocycles. The van der Waals surface area contributed by atoms with Gasteiger partial charge in [0.15, 0.2) is 0 Å². The minimum atomic E-state index is -0.151. The number of nitrogens with one attached hydrogen (secondary N) is 1. The lowest BCUT2D eigenvalue weighted by molar-refractivity contribution is 0.102. The molecule has 1 aromatic heterocycles. The summed E-state index contributed by atoms with van der Waals surface area (Å²) in [5.41, 5.74) is 4.38. The molecule has 1 aliphatic rings. The van der Waals surface area contributed by atoms with E-state index in [4.69, 9.17) is 4.52 Å². The molecule has 1 aliphatic carbocycles. The van der Waals surface area contributed by atoms with Gasteiger partial charge in [-0.15, -0.1) is 0 Å². The second-order valence-electron chi connectivity index (χ2n) is 6.94. The van der Waals surface area contributed by atoms with Gasteiger partial charge in [-0.2, -0.15) is 4.98 Å². The molecule has 0 unspecified atom stereocenters. The van der Waals surface area contributed by atoms with Gasteiger partial charge in [-0.3, -0.25) is 4.79 Å². The highest BCUT2D eigenvalue weighted by Crippen LogP contribution is 2.36. The van der Waals surface area contributed by atoms with E-state index < -0.39 is 0 Å². The molecule has 0 aliphatic heterocycles. The highest BCUT2D eigenvalue weighted by molar-refractivity contribution is 6.05. The maximum absolute atomic E-state index is 12.6. The molecule has 5 heteroatoms. The highest BCUT2D eigenvalue weighted by atomic mass is 16.5. The topological polar surface area (TPSA) is 68.0 Å². The van der Waals surface area contributed by atoms with Crippen molar-refractivity contribution in [2.45, 2.75) is 39.0 Å². The molecular formula is C21H21N3O2. The summed E-state index contributed by atoms with van der Waals surface area (Å²) in [7, 11) is 0. The molecule has 5 nitrogen and oxygen atoms in total. The zero-order valence-corrected chi connectivity index (χ0v) is 15.0. The molecule has 3 aromatic rings. The van der Waals surface area contributed by atoms with E-state index in [0.29, 0.717) is 23.2 Å². The van der Waals surface area contributed by atoms with Crippen LogP contribution < -0.4 is 5.32 Å². The smallest absolute Gasteiger partial charge is 0.255 e. The number of hydrogen-bond acceptors (Lipinski definition) is 4. The van der Waals surface area contributed by atoms with Crippen LogP contribution in [0.2, 0.25) is 0 Å². The molecule has 0 atom stereocenters. The van der Waals surface area contributed by atoms with Crippen LogP contribution in [-0.4, -0.2) is 16.0 Å². The Morgan fingerprint density at radius 3 is 2.73 bits per heavy atom. The van der Waals surface area contributed by atoms with E-state index in [9.17, 15) is 4.79 Å². The van der Waals surface area contributed by atoms with Gasteiger partial charge in [0.1, 0.15) is 0 Å². The molecule has 1 N–H and O–H groups in total. The molecule has 0 bridgehead atoms. The average Bonchev–Trinajstić information content (AvgIpc) is 3.05. The molecule has 0 radical (unpaired) electrons. The first-order valence-corrected chi connectivity index (χ1v) is 8.93. The molecule has 26 heavy (non-hydrogen) atoms. The third kappa shape index (κ3) is 3.25. The number of aryl methyl sites for hydroxylation is 2. The second kappa shape index (κ2) is 6.75. The minimum Gasteiger partial charge on any atom is -0.339 e. The Morgan fingerprint density at radius 1 is 1.15 bits per heavy atom. The predicted molar refractivity (Wildman–Crippen MR) is 100 cm³/mol. The molecule has 4 rings (SSSR count). The van der Waals surface area contributed by atoms with Gasteiger partial charge in [0, 0.05) is 22.7 Å². The summed E-state index contributed by atoms with van der Waals surface area (Å²) in [5, 5.41) is 7.05. The lowest BCUT2D eigenvalue weighted by atomic mass is 9.85. The Hall–Kier alpha value is -2.95. The van der Waals surface area contributed by atoms with Gasteiger partial charge < -0.3 is 9.84 Å². The summed E-state index contributed by atoms with van der Waals surface area (Å²) in [6, 6.07) is 13.3. The summed E-state index contributed by atoms with van der Waals surface area (Å²) in [4.78, 5) is 17.1. The van der Waals surface area contributed by atoms with Crippen molar-refractivity contribution in [1.29, 1.82) is 0 Å². The lowest BCUT2D eigenvalue weighted by Gasteiger charge is -2.20. The fourth-order valence-electron chi connectivity index (χ4n) is 3.12. The molecule has 0 saturated heterocycles. The first-order valence-electron chi connectivity index (χ1n) is 8.93. The van der Waals surface area contributed by atoms with Crippen LogP contribution in [0.1, 0.15) is 52.6 Å². The van der Waals surface area contributed by atoms with Crippen LogP contribution in [0.3, 0.4) is 0 Å². The number of rotatable bonds is 4. The van der Waals surface area contributed by atoms with E-state index >= 15 is 0 Å². The van der Waals surface area contributed by atoms with Gasteiger partial charge in [-0.25, -0.2) is 0 Å². The number of benzene rings is 2. The van der Waals surface area contributed by atoms with Crippen molar-refractivity contribution < 1.29 is 9.32 Å². The van der Waals surface area contributed by atoms with E-state index in [1.54, 1.807) is 12.1 Å². The largest absolute Gasteiger partial charge is 0.339 e. The monoisotopic (exact) mass is 347 g/mol. The van der Waals surface area contributed by atoms with Gasteiger partial charge in [-0.1, -0.05) is 41.4 Å². The quantitative estimate of drug-likeness (QED) is 0.731. The van der Waals surface area contributed by atoms with E-state index in [1.807, 2.05) is 44.2 Å².